The summed E-state index contributed by atoms with van der Waals surface area (Å²) >= 11 is 0. The third-order valence-electron chi connectivity index (χ3n) is 2.55. The van der Waals surface area contributed by atoms with Crippen molar-refractivity contribution < 1.29 is 4.74 Å². The van der Waals surface area contributed by atoms with E-state index in [0.29, 0.717) is 11.6 Å². The summed E-state index contributed by atoms with van der Waals surface area (Å²) in [6.45, 7) is 3.94. The molecule has 2 aromatic heterocycles. The Kier molecular flexibility index (Phi) is 3.72. The van der Waals surface area contributed by atoms with E-state index in [9.17, 15) is 0 Å². The molecule has 0 aliphatic rings. The SMILES string of the molecule is CCc1nc(NC)c(C)c(Oc2cccnc2)n1. The number of nitrogens with zero attached hydrogens (tertiary/aromatic N) is 3. The maximum absolute atomic E-state index is 5.74. The van der Waals surface area contributed by atoms with E-state index < -0.39 is 0 Å². The van der Waals surface area contributed by atoms with E-state index in [1.165, 1.54) is 0 Å². The first-order chi connectivity index (χ1) is 8.74. The molecule has 0 radical (unpaired) electrons. The molecule has 2 heterocycles. The smallest absolute Gasteiger partial charge is 0.227 e. The van der Waals surface area contributed by atoms with Gasteiger partial charge in [0.1, 0.15) is 17.4 Å². The van der Waals surface area contributed by atoms with E-state index in [1.54, 1.807) is 12.4 Å². The lowest BCUT2D eigenvalue weighted by Gasteiger charge is -2.12. The van der Waals surface area contributed by atoms with Crippen LogP contribution < -0.4 is 10.1 Å². The molecule has 0 aliphatic heterocycles. The lowest BCUT2D eigenvalue weighted by Crippen LogP contribution is -2.04. The van der Waals surface area contributed by atoms with Crippen molar-refractivity contribution in [1.29, 1.82) is 0 Å². The van der Waals surface area contributed by atoms with Crippen LogP contribution in [0.15, 0.2) is 24.5 Å². The Morgan fingerprint density at radius 2 is 2.17 bits per heavy atom. The minimum atomic E-state index is 0.569. The first-order valence-electron chi connectivity index (χ1n) is 5.87. The van der Waals surface area contributed by atoms with Crippen LogP contribution in [0.1, 0.15) is 18.3 Å². The van der Waals surface area contributed by atoms with Crippen molar-refractivity contribution in [2.24, 2.45) is 0 Å². The van der Waals surface area contributed by atoms with Gasteiger partial charge in [0.2, 0.25) is 5.88 Å². The van der Waals surface area contributed by atoms with Crippen molar-refractivity contribution in [3.8, 4) is 11.6 Å². The highest BCUT2D eigenvalue weighted by Crippen LogP contribution is 2.26. The second kappa shape index (κ2) is 5.44. The van der Waals surface area contributed by atoms with Crippen LogP contribution in [-0.4, -0.2) is 22.0 Å². The van der Waals surface area contributed by atoms with E-state index in [4.69, 9.17) is 4.74 Å². The van der Waals surface area contributed by atoms with Crippen LogP contribution >= 0.6 is 0 Å². The molecule has 5 nitrogen and oxygen atoms in total. The normalized spacial score (nSPS) is 10.2. The van der Waals surface area contributed by atoms with Gasteiger partial charge in [-0.15, -0.1) is 0 Å². The summed E-state index contributed by atoms with van der Waals surface area (Å²) in [6, 6.07) is 3.67. The van der Waals surface area contributed by atoms with Crippen molar-refractivity contribution >= 4 is 5.82 Å². The molecule has 18 heavy (non-hydrogen) atoms. The van der Waals surface area contributed by atoms with Gasteiger partial charge < -0.3 is 10.1 Å². The van der Waals surface area contributed by atoms with Gasteiger partial charge in [-0.05, 0) is 19.1 Å². The molecule has 0 unspecified atom stereocenters. The monoisotopic (exact) mass is 244 g/mol. The molecule has 94 valence electrons. The van der Waals surface area contributed by atoms with E-state index in [2.05, 4.69) is 20.3 Å². The minimum absolute atomic E-state index is 0.569. The molecule has 0 spiro atoms. The highest BCUT2D eigenvalue weighted by molar-refractivity contribution is 5.49. The standard InChI is InChI=1S/C13H16N4O/c1-4-11-16-12(14-3)9(2)13(17-11)18-10-6-5-7-15-8-10/h5-8H,4H2,1-3H3,(H,14,16,17). The summed E-state index contributed by atoms with van der Waals surface area (Å²) < 4.78 is 5.74. The molecule has 2 rings (SSSR count). The number of hydrogen-bond acceptors (Lipinski definition) is 5. The van der Waals surface area contributed by atoms with Gasteiger partial charge in [0.25, 0.3) is 0 Å². The fourth-order valence-electron chi connectivity index (χ4n) is 1.56. The lowest BCUT2D eigenvalue weighted by molar-refractivity contribution is 0.453. The quantitative estimate of drug-likeness (QED) is 0.895. The fourth-order valence-corrected chi connectivity index (χ4v) is 1.56. The van der Waals surface area contributed by atoms with Crippen LogP contribution in [0.25, 0.3) is 0 Å². The lowest BCUT2D eigenvalue weighted by atomic mass is 10.3. The van der Waals surface area contributed by atoms with Gasteiger partial charge in [-0.3, -0.25) is 4.98 Å². The number of pyridine rings is 1. The van der Waals surface area contributed by atoms with Gasteiger partial charge in [0, 0.05) is 19.7 Å². The summed E-state index contributed by atoms with van der Waals surface area (Å²) in [6.07, 6.45) is 4.13. The van der Waals surface area contributed by atoms with Gasteiger partial charge in [-0.1, -0.05) is 6.92 Å². The van der Waals surface area contributed by atoms with Crippen LogP contribution in [0.3, 0.4) is 0 Å². The minimum Gasteiger partial charge on any atom is -0.437 e. The van der Waals surface area contributed by atoms with Crippen molar-refractivity contribution in [2.45, 2.75) is 20.3 Å². The van der Waals surface area contributed by atoms with Crippen LogP contribution in [0, 0.1) is 6.92 Å². The molecule has 0 saturated heterocycles. The van der Waals surface area contributed by atoms with Gasteiger partial charge in [0.15, 0.2) is 0 Å². The molecular formula is C13H16N4O. The van der Waals surface area contributed by atoms with Crippen LogP contribution in [-0.2, 0) is 6.42 Å². The second-order valence-electron chi connectivity index (χ2n) is 3.81. The molecule has 0 aliphatic carbocycles. The highest BCUT2D eigenvalue weighted by Gasteiger charge is 2.11. The summed E-state index contributed by atoms with van der Waals surface area (Å²) in [5.74, 6) is 2.78. The molecule has 2 aromatic rings. The molecule has 5 heteroatoms. The Morgan fingerprint density at radius 3 is 2.78 bits per heavy atom. The third-order valence-corrected chi connectivity index (χ3v) is 2.55. The molecule has 1 N–H and O–H groups in total. The number of rotatable bonds is 4. The van der Waals surface area contributed by atoms with Gasteiger partial charge in [-0.25, -0.2) is 4.98 Å². The zero-order valence-corrected chi connectivity index (χ0v) is 10.8. The average molecular weight is 244 g/mol. The third kappa shape index (κ3) is 2.56. The van der Waals surface area contributed by atoms with Crippen molar-refractivity contribution in [3.63, 3.8) is 0 Å². The number of nitrogens with one attached hydrogen (secondary N) is 1. The summed E-state index contributed by atoms with van der Waals surface area (Å²) in [5.41, 5.74) is 0.888. The molecule has 0 amide bonds. The number of ether oxygens (including phenoxy) is 1. The Morgan fingerprint density at radius 1 is 1.33 bits per heavy atom. The molecule has 0 atom stereocenters. The van der Waals surface area contributed by atoms with Gasteiger partial charge in [-0.2, -0.15) is 4.98 Å². The fraction of sp³-hybridized carbons (Fsp3) is 0.308. The number of anilines is 1. The largest absolute Gasteiger partial charge is 0.437 e. The van der Waals surface area contributed by atoms with Crippen molar-refractivity contribution in [2.75, 3.05) is 12.4 Å². The second-order valence-corrected chi connectivity index (χ2v) is 3.81. The number of hydrogen-bond donors (Lipinski definition) is 1. The highest BCUT2D eigenvalue weighted by atomic mass is 16.5. The molecule has 0 aromatic carbocycles. The van der Waals surface area contributed by atoms with Crippen LogP contribution in [0.2, 0.25) is 0 Å². The first-order valence-corrected chi connectivity index (χ1v) is 5.87. The first kappa shape index (κ1) is 12.3. The summed E-state index contributed by atoms with van der Waals surface area (Å²) in [4.78, 5) is 12.8. The summed E-state index contributed by atoms with van der Waals surface area (Å²) in [5, 5.41) is 3.05. The molecule has 0 bridgehead atoms. The van der Waals surface area contributed by atoms with Crippen LogP contribution in [0.4, 0.5) is 5.82 Å². The Bertz CT molecular complexity index is 528. The molecule has 0 fully saturated rings. The van der Waals surface area contributed by atoms with E-state index in [-0.39, 0.29) is 0 Å². The zero-order chi connectivity index (χ0) is 13.0. The van der Waals surface area contributed by atoms with Gasteiger partial charge in [0.05, 0.1) is 11.8 Å². The van der Waals surface area contributed by atoms with E-state index in [1.807, 2.05) is 33.0 Å². The maximum Gasteiger partial charge on any atom is 0.227 e. The van der Waals surface area contributed by atoms with Gasteiger partial charge >= 0.3 is 0 Å². The van der Waals surface area contributed by atoms with Crippen LogP contribution in [0.5, 0.6) is 11.6 Å². The average Bonchev–Trinajstić information content (AvgIpc) is 2.42. The number of aromatic nitrogens is 3. The zero-order valence-electron chi connectivity index (χ0n) is 10.8. The Labute approximate surface area is 106 Å². The number of aryl methyl sites for hydroxylation is 1. The molecular weight excluding hydrogens is 228 g/mol. The molecule has 0 saturated carbocycles. The van der Waals surface area contributed by atoms with Crippen molar-refractivity contribution in [1.82, 2.24) is 15.0 Å². The Hall–Kier alpha value is -2.17. The summed E-state index contributed by atoms with van der Waals surface area (Å²) in [7, 11) is 1.84. The topological polar surface area (TPSA) is 59.9 Å². The predicted molar refractivity (Wildman–Crippen MR) is 70.0 cm³/mol. The van der Waals surface area contributed by atoms with E-state index >= 15 is 0 Å². The van der Waals surface area contributed by atoms with E-state index in [0.717, 1.165) is 23.6 Å². The predicted octanol–water partition coefficient (Wildman–Crippen LogP) is 2.58. The van der Waals surface area contributed by atoms with Crippen molar-refractivity contribution in [3.05, 3.63) is 35.9 Å². The Balaban J connectivity index is 2.37. The maximum atomic E-state index is 5.74.